The molecule has 2 aromatic rings. The fourth-order valence-corrected chi connectivity index (χ4v) is 4.04. The zero-order chi connectivity index (χ0) is 15.3. The molecule has 4 nitrogen and oxygen atoms in total. The van der Waals surface area contributed by atoms with E-state index in [1.54, 1.807) is 29.5 Å². The second kappa shape index (κ2) is 7.06. The van der Waals surface area contributed by atoms with Gasteiger partial charge >= 0.3 is 0 Å². The van der Waals surface area contributed by atoms with Crippen LogP contribution in [0.2, 0.25) is 0 Å². The van der Waals surface area contributed by atoms with Gasteiger partial charge in [-0.1, -0.05) is 19.1 Å². The van der Waals surface area contributed by atoms with Crippen LogP contribution in [-0.4, -0.2) is 15.0 Å². The lowest BCUT2D eigenvalue weighted by atomic mass is 10.3. The summed E-state index contributed by atoms with van der Waals surface area (Å²) >= 11 is 1.60. The van der Waals surface area contributed by atoms with Crippen LogP contribution >= 0.6 is 11.3 Å². The molecular weight excluding hydrogens is 304 g/mol. The Hall–Kier alpha value is -1.37. The number of hydrogen-bond acceptors (Lipinski definition) is 4. The molecule has 6 heteroatoms. The zero-order valence-corrected chi connectivity index (χ0v) is 13.9. The summed E-state index contributed by atoms with van der Waals surface area (Å²) in [5.74, 6) is 0. The molecule has 2 rings (SSSR count). The van der Waals surface area contributed by atoms with E-state index in [0.717, 1.165) is 17.8 Å². The van der Waals surface area contributed by atoms with Crippen molar-refractivity contribution in [1.82, 2.24) is 4.72 Å². The molecule has 1 aromatic carbocycles. The third-order valence-corrected chi connectivity index (χ3v) is 5.43. The Morgan fingerprint density at radius 1 is 1.14 bits per heavy atom. The van der Waals surface area contributed by atoms with Crippen LogP contribution in [0.25, 0.3) is 0 Å². The summed E-state index contributed by atoms with van der Waals surface area (Å²) < 4.78 is 27.6. The van der Waals surface area contributed by atoms with Crippen LogP contribution in [0.3, 0.4) is 0 Å². The number of aryl methyl sites for hydroxylation is 1. The lowest BCUT2D eigenvalue weighted by molar-refractivity contribution is 0.582. The number of thiophene rings is 1. The first-order valence-electron chi connectivity index (χ1n) is 6.91. The molecule has 114 valence electrons. The van der Waals surface area contributed by atoms with Crippen molar-refractivity contribution < 1.29 is 8.42 Å². The summed E-state index contributed by atoms with van der Waals surface area (Å²) in [6, 6.07) is 10.9. The molecule has 0 aliphatic carbocycles. The van der Waals surface area contributed by atoms with E-state index in [1.807, 2.05) is 32.0 Å². The molecule has 1 aromatic heterocycles. The third kappa shape index (κ3) is 4.30. The van der Waals surface area contributed by atoms with Crippen molar-refractivity contribution in [2.24, 2.45) is 0 Å². The number of sulfonamides is 1. The molecule has 0 fully saturated rings. The van der Waals surface area contributed by atoms with Crippen LogP contribution in [0.1, 0.15) is 23.1 Å². The van der Waals surface area contributed by atoms with E-state index in [0.29, 0.717) is 17.1 Å². The highest BCUT2D eigenvalue weighted by Crippen LogP contribution is 2.21. The Morgan fingerprint density at radius 3 is 2.57 bits per heavy atom. The van der Waals surface area contributed by atoms with Gasteiger partial charge in [-0.15, -0.1) is 11.3 Å². The molecule has 0 radical (unpaired) electrons. The monoisotopic (exact) mass is 324 g/mol. The Balaban J connectivity index is 2.15. The Morgan fingerprint density at radius 2 is 1.90 bits per heavy atom. The fraction of sp³-hybridized carbons (Fsp3) is 0.333. The molecule has 2 N–H and O–H groups in total. The van der Waals surface area contributed by atoms with Gasteiger partial charge in [0.25, 0.3) is 0 Å². The van der Waals surface area contributed by atoms with Crippen LogP contribution in [-0.2, 0) is 16.6 Å². The molecule has 0 unspecified atom stereocenters. The number of para-hydroxylation sites is 1. The number of rotatable bonds is 7. The number of anilines is 1. The number of nitrogens with one attached hydrogen (secondary N) is 2. The smallest absolute Gasteiger partial charge is 0.242 e. The standard InChI is InChI=1S/C15H20N2O2S2/c1-3-10-16-14-6-4-5-7-15(14)21(18,19)17-11-13-9-8-12(2)20-13/h4-9,16-17H,3,10-11H2,1-2H3. The summed E-state index contributed by atoms with van der Waals surface area (Å²) in [6.45, 7) is 5.12. The zero-order valence-electron chi connectivity index (χ0n) is 12.2. The normalized spacial score (nSPS) is 11.5. The molecule has 0 saturated heterocycles. The van der Waals surface area contributed by atoms with Crippen LogP contribution in [0.5, 0.6) is 0 Å². The van der Waals surface area contributed by atoms with E-state index in [9.17, 15) is 8.42 Å². The maximum absolute atomic E-state index is 12.4. The van der Waals surface area contributed by atoms with E-state index in [4.69, 9.17) is 0 Å². The maximum atomic E-state index is 12.4. The van der Waals surface area contributed by atoms with Gasteiger partial charge in [0.05, 0.1) is 5.69 Å². The molecule has 0 aliphatic rings. The van der Waals surface area contributed by atoms with Crippen LogP contribution in [0.15, 0.2) is 41.3 Å². The van der Waals surface area contributed by atoms with Gasteiger partial charge in [-0.2, -0.15) is 0 Å². The first kappa shape index (κ1) is 16.0. The molecule has 0 spiro atoms. The van der Waals surface area contributed by atoms with Crippen molar-refractivity contribution in [3.63, 3.8) is 0 Å². The molecule has 0 aliphatic heterocycles. The van der Waals surface area contributed by atoms with E-state index >= 15 is 0 Å². The predicted molar refractivity (Wildman–Crippen MR) is 88.3 cm³/mol. The minimum atomic E-state index is -3.52. The second-order valence-corrected chi connectivity index (χ2v) is 7.87. The highest BCUT2D eigenvalue weighted by Gasteiger charge is 2.17. The van der Waals surface area contributed by atoms with Crippen LogP contribution < -0.4 is 10.0 Å². The molecule has 1 heterocycles. The first-order chi connectivity index (χ1) is 10.0. The third-order valence-electron chi connectivity index (χ3n) is 2.97. The van der Waals surface area contributed by atoms with Crippen molar-refractivity contribution >= 4 is 27.0 Å². The lowest BCUT2D eigenvalue weighted by Gasteiger charge is -2.12. The fourth-order valence-electron chi connectivity index (χ4n) is 1.93. The average Bonchev–Trinajstić information content (AvgIpc) is 2.89. The summed E-state index contributed by atoms with van der Waals surface area (Å²) in [6.07, 6.45) is 0.941. The van der Waals surface area contributed by atoms with Gasteiger partial charge in [0.2, 0.25) is 10.0 Å². The predicted octanol–water partition coefficient (Wildman–Crippen LogP) is 3.36. The molecule has 0 amide bonds. The highest BCUT2D eigenvalue weighted by molar-refractivity contribution is 7.89. The van der Waals surface area contributed by atoms with Crippen molar-refractivity contribution in [3.8, 4) is 0 Å². The van der Waals surface area contributed by atoms with Crippen molar-refractivity contribution in [2.45, 2.75) is 31.7 Å². The van der Waals surface area contributed by atoms with E-state index < -0.39 is 10.0 Å². The van der Waals surface area contributed by atoms with Crippen molar-refractivity contribution in [1.29, 1.82) is 0 Å². The summed E-state index contributed by atoms with van der Waals surface area (Å²) in [5.41, 5.74) is 0.647. The van der Waals surface area contributed by atoms with Gasteiger partial charge in [0.1, 0.15) is 4.90 Å². The lowest BCUT2D eigenvalue weighted by Crippen LogP contribution is -2.24. The average molecular weight is 324 g/mol. The van der Waals surface area contributed by atoms with Crippen LogP contribution in [0, 0.1) is 6.92 Å². The van der Waals surface area contributed by atoms with Gasteiger partial charge in [0.15, 0.2) is 0 Å². The van der Waals surface area contributed by atoms with Crippen LogP contribution in [0.4, 0.5) is 5.69 Å². The number of hydrogen-bond donors (Lipinski definition) is 2. The minimum Gasteiger partial charge on any atom is -0.384 e. The second-order valence-electron chi connectivity index (χ2n) is 4.76. The molecule has 0 saturated carbocycles. The Bertz CT molecular complexity index is 693. The number of benzene rings is 1. The van der Waals surface area contributed by atoms with E-state index in [1.165, 1.54) is 4.88 Å². The van der Waals surface area contributed by atoms with E-state index in [2.05, 4.69) is 10.0 Å². The topological polar surface area (TPSA) is 58.2 Å². The van der Waals surface area contributed by atoms with Gasteiger partial charge in [-0.3, -0.25) is 0 Å². The Labute approximate surface area is 130 Å². The van der Waals surface area contributed by atoms with Gasteiger partial charge in [-0.25, -0.2) is 13.1 Å². The highest BCUT2D eigenvalue weighted by atomic mass is 32.2. The molecular formula is C15H20N2O2S2. The minimum absolute atomic E-state index is 0.298. The molecule has 0 bridgehead atoms. The van der Waals surface area contributed by atoms with Crippen molar-refractivity contribution in [3.05, 3.63) is 46.2 Å². The maximum Gasteiger partial charge on any atom is 0.242 e. The van der Waals surface area contributed by atoms with Gasteiger partial charge in [0, 0.05) is 22.8 Å². The molecule has 0 atom stereocenters. The Kier molecular flexibility index (Phi) is 5.39. The van der Waals surface area contributed by atoms with Gasteiger partial charge in [-0.05, 0) is 37.6 Å². The largest absolute Gasteiger partial charge is 0.384 e. The quantitative estimate of drug-likeness (QED) is 0.821. The first-order valence-corrected chi connectivity index (χ1v) is 9.21. The summed E-state index contributed by atoms with van der Waals surface area (Å²) in [7, 11) is -3.52. The molecule has 21 heavy (non-hydrogen) atoms. The summed E-state index contributed by atoms with van der Waals surface area (Å²) in [4.78, 5) is 2.48. The SMILES string of the molecule is CCCNc1ccccc1S(=O)(=O)NCc1ccc(C)s1. The van der Waals surface area contributed by atoms with Gasteiger partial charge < -0.3 is 5.32 Å². The van der Waals surface area contributed by atoms with E-state index in [-0.39, 0.29) is 0 Å². The summed E-state index contributed by atoms with van der Waals surface area (Å²) in [5, 5.41) is 3.15. The van der Waals surface area contributed by atoms with Crippen molar-refractivity contribution in [2.75, 3.05) is 11.9 Å².